The van der Waals surface area contributed by atoms with E-state index in [1.165, 1.54) is 9.14 Å². The standard InChI is InChI=1S/C13H10IN/c14-13-6-2-5-12(8-13)11-4-1-3-10(7-11)9-15/h1-7,12H,8H2. The number of nitriles is 1. The molecule has 1 nitrogen and oxygen atoms in total. The number of rotatable bonds is 1. The summed E-state index contributed by atoms with van der Waals surface area (Å²) in [4.78, 5) is 0. The normalized spacial score (nSPS) is 19.5. The molecule has 0 aromatic heterocycles. The van der Waals surface area contributed by atoms with Gasteiger partial charge in [0.05, 0.1) is 11.6 Å². The van der Waals surface area contributed by atoms with Gasteiger partial charge >= 0.3 is 0 Å². The highest BCUT2D eigenvalue weighted by atomic mass is 127. The summed E-state index contributed by atoms with van der Waals surface area (Å²) in [7, 11) is 0. The van der Waals surface area contributed by atoms with E-state index in [0.29, 0.717) is 5.92 Å². The lowest BCUT2D eigenvalue weighted by Crippen LogP contribution is -1.98. The lowest BCUT2D eigenvalue weighted by Gasteiger charge is -2.15. The molecule has 1 aromatic carbocycles. The Morgan fingerprint density at radius 3 is 3.00 bits per heavy atom. The van der Waals surface area contributed by atoms with Gasteiger partial charge in [-0.1, -0.05) is 30.4 Å². The molecule has 0 heterocycles. The van der Waals surface area contributed by atoms with Crippen molar-refractivity contribution in [3.63, 3.8) is 0 Å². The van der Waals surface area contributed by atoms with Gasteiger partial charge in [0.1, 0.15) is 0 Å². The van der Waals surface area contributed by atoms with E-state index in [1.54, 1.807) is 0 Å². The fourth-order valence-electron chi connectivity index (χ4n) is 1.71. The highest BCUT2D eigenvalue weighted by Gasteiger charge is 2.12. The van der Waals surface area contributed by atoms with E-state index < -0.39 is 0 Å². The quantitative estimate of drug-likeness (QED) is 0.721. The SMILES string of the molecule is N#Cc1cccc(C2C=CC=C(I)C2)c1. The summed E-state index contributed by atoms with van der Waals surface area (Å²) in [5.74, 6) is 0.426. The average Bonchev–Trinajstić information content (AvgIpc) is 2.29. The van der Waals surface area contributed by atoms with Crippen molar-refractivity contribution in [1.29, 1.82) is 5.26 Å². The third kappa shape index (κ3) is 2.48. The molecule has 0 radical (unpaired) electrons. The van der Waals surface area contributed by atoms with Crippen LogP contribution in [0, 0.1) is 11.3 Å². The smallest absolute Gasteiger partial charge is 0.0991 e. The highest BCUT2D eigenvalue weighted by Crippen LogP contribution is 2.31. The molecular formula is C13H10IN. The Bertz CT molecular complexity index is 466. The van der Waals surface area contributed by atoms with Crippen LogP contribution in [0.25, 0.3) is 0 Å². The first-order chi connectivity index (χ1) is 7.29. The minimum atomic E-state index is 0.426. The Hall–Kier alpha value is -1.08. The first kappa shape index (κ1) is 10.4. The monoisotopic (exact) mass is 307 g/mol. The molecule has 1 unspecified atom stereocenters. The van der Waals surface area contributed by atoms with Gasteiger partial charge in [-0.25, -0.2) is 0 Å². The Morgan fingerprint density at radius 2 is 2.27 bits per heavy atom. The minimum Gasteiger partial charge on any atom is -0.192 e. The van der Waals surface area contributed by atoms with Gasteiger partial charge in [-0.2, -0.15) is 5.26 Å². The molecule has 0 fully saturated rings. The van der Waals surface area contributed by atoms with Crippen molar-refractivity contribution in [1.82, 2.24) is 0 Å². The molecule has 2 rings (SSSR count). The molecule has 0 bridgehead atoms. The van der Waals surface area contributed by atoms with Crippen LogP contribution in [0.5, 0.6) is 0 Å². The molecule has 74 valence electrons. The first-order valence-corrected chi connectivity index (χ1v) is 5.90. The van der Waals surface area contributed by atoms with Gasteiger partial charge in [0.2, 0.25) is 0 Å². The van der Waals surface area contributed by atoms with E-state index in [1.807, 2.05) is 18.2 Å². The van der Waals surface area contributed by atoms with E-state index in [-0.39, 0.29) is 0 Å². The maximum Gasteiger partial charge on any atom is 0.0991 e. The summed E-state index contributed by atoms with van der Waals surface area (Å²) < 4.78 is 1.36. The zero-order valence-corrected chi connectivity index (χ0v) is 10.3. The Kier molecular flexibility index (Phi) is 3.22. The lowest BCUT2D eigenvalue weighted by molar-refractivity contribution is 0.849. The van der Waals surface area contributed by atoms with Crippen molar-refractivity contribution in [3.05, 3.63) is 57.2 Å². The molecule has 1 aliphatic carbocycles. The molecule has 0 spiro atoms. The van der Waals surface area contributed by atoms with Crippen molar-refractivity contribution in [3.8, 4) is 6.07 Å². The number of allylic oxidation sites excluding steroid dienone is 4. The lowest BCUT2D eigenvalue weighted by atomic mass is 9.92. The number of halogens is 1. The summed E-state index contributed by atoms with van der Waals surface area (Å²) in [5.41, 5.74) is 1.97. The molecule has 1 aromatic rings. The van der Waals surface area contributed by atoms with Crippen LogP contribution in [0.3, 0.4) is 0 Å². The molecule has 2 heteroatoms. The maximum absolute atomic E-state index is 8.83. The third-order valence-electron chi connectivity index (χ3n) is 2.48. The second kappa shape index (κ2) is 4.63. The predicted octanol–water partition coefficient (Wildman–Crippen LogP) is 3.92. The molecule has 0 saturated heterocycles. The van der Waals surface area contributed by atoms with Crippen LogP contribution in [0.15, 0.2) is 46.1 Å². The topological polar surface area (TPSA) is 23.8 Å². The van der Waals surface area contributed by atoms with Crippen LogP contribution in [0.4, 0.5) is 0 Å². The van der Waals surface area contributed by atoms with E-state index in [0.717, 1.165) is 12.0 Å². The molecule has 1 aliphatic rings. The molecule has 1 atom stereocenters. The van der Waals surface area contributed by atoms with Crippen molar-refractivity contribution in [2.75, 3.05) is 0 Å². The van der Waals surface area contributed by atoms with Crippen molar-refractivity contribution in [2.45, 2.75) is 12.3 Å². The van der Waals surface area contributed by atoms with Gasteiger partial charge in [0.25, 0.3) is 0 Å². The first-order valence-electron chi connectivity index (χ1n) is 4.82. The average molecular weight is 307 g/mol. The molecular weight excluding hydrogens is 297 g/mol. The summed E-state index contributed by atoms with van der Waals surface area (Å²) >= 11 is 2.36. The van der Waals surface area contributed by atoms with Crippen molar-refractivity contribution >= 4 is 22.6 Å². The largest absolute Gasteiger partial charge is 0.192 e. The summed E-state index contributed by atoms with van der Waals surface area (Å²) in [6.07, 6.45) is 7.46. The highest BCUT2D eigenvalue weighted by molar-refractivity contribution is 14.1. The fraction of sp³-hybridized carbons (Fsp3) is 0.154. The molecule has 0 saturated carbocycles. The second-order valence-corrected chi connectivity index (χ2v) is 4.93. The zero-order valence-electron chi connectivity index (χ0n) is 8.15. The summed E-state index contributed by atoms with van der Waals surface area (Å²) in [5, 5.41) is 8.83. The van der Waals surface area contributed by atoms with Gasteiger partial charge in [0.15, 0.2) is 0 Å². The third-order valence-corrected chi connectivity index (χ3v) is 3.28. The Labute approximate surface area is 103 Å². The van der Waals surface area contributed by atoms with Gasteiger partial charge in [0, 0.05) is 5.92 Å². The van der Waals surface area contributed by atoms with Crippen LogP contribution < -0.4 is 0 Å². The van der Waals surface area contributed by atoms with Crippen molar-refractivity contribution in [2.24, 2.45) is 0 Å². The molecule has 0 aliphatic heterocycles. The van der Waals surface area contributed by atoms with E-state index in [4.69, 9.17) is 5.26 Å². The fourth-order valence-corrected chi connectivity index (χ4v) is 2.39. The Morgan fingerprint density at radius 1 is 1.40 bits per heavy atom. The van der Waals surface area contributed by atoms with Crippen LogP contribution in [0.1, 0.15) is 23.5 Å². The van der Waals surface area contributed by atoms with Crippen LogP contribution in [0.2, 0.25) is 0 Å². The predicted molar refractivity (Wildman–Crippen MR) is 69.8 cm³/mol. The second-order valence-electron chi connectivity index (χ2n) is 3.55. The molecule has 15 heavy (non-hydrogen) atoms. The van der Waals surface area contributed by atoms with Gasteiger partial charge < -0.3 is 0 Å². The van der Waals surface area contributed by atoms with E-state index in [2.05, 4.69) is 53.0 Å². The number of hydrogen-bond acceptors (Lipinski definition) is 1. The zero-order chi connectivity index (χ0) is 10.7. The number of benzene rings is 1. The summed E-state index contributed by atoms with van der Waals surface area (Å²) in [6.45, 7) is 0. The van der Waals surface area contributed by atoms with Crippen LogP contribution in [-0.2, 0) is 0 Å². The van der Waals surface area contributed by atoms with Crippen LogP contribution in [-0.4, -0.2) is 0 Å². The maximum atomic E-state index is 8.83. The van der Waals surface area contributed by atoms with Gasteiger partial charge in [-0.15, -0.1) is 0 Å². The summed E-state index contributed by atoms with van der Waals surface area (Å²) in [6, 6.07) is 10.0. The van der Waals surface area contributed by atoms with Crippen LogP contribution >= 0.6 is 22.6 Å². The number of nitrogens with zero attached hydrogens (tertiary/aromatic N) is 1. The van der Waals surface area contributed by atoms with E-state index >= 15 is 0 Å². The molecule has 0 amide bonds. The van der Waals surface area contributed by atoms with E-state index in [9.17, 15) is 0 Å². The van der Waals surface area contributed by atoms with Crippen molar-refractivity contribution < 1.29 is 0 Å². The van der Waals surface area contributed by atoms with Gasteiger partial charge in [-0.05, 0) is 50.3 Å². The Balaban J connectivity index is 2.28. The number of hydrogen-bond donors (Lipinski definition) is 0. The van der Waals surface area contributed by atoms with Gasteiger partial charge in [-0.3, -0.25) is 0 Å². The minimum absolute atomic E-state index is 0.426. The molecule has 0 N–H and O–H groups in total.